The Morgan fingerprint density at radius 2 is 1.90 bits per heavy atom. The van der Waals surface area contributed by atoms with Crippen LogP contribution in [0.5, 0.6) is 0 Å². The van der Waals surface area contributed by atoms with E-state index in [4.69, 9.17) is 0 Å². The Hall–Kier alpha value is -2.16. The predicted octanol–water partition coefficient (Wildman–Crippen LogP) is 0.836. The smallest absolute Gasteiger partial charge is 0.275 e. The average molecular weight is 355 g/mol. The number of nitrogens with zero attached hydrogens (tertiary/aromatic N) is 4. The van der Waals surface area contributed by atoms with Gasteiger partial charge in [-0.05, 0) is 22.9 Å². The van der Waals surface area contributed by atoms with Gasteiger partial charge in [0.25, 0.3) is 11.8 Å². The highest BCUT2D eigenvalue weighted by atomic mass is 79.9. The third-order valence-corrected chi connectivity index (χ3v) is 3.83. The summed E-state index contributed by atoms with van der Waals surface area (Å²) < 4.78 is 3.56. The molecule has 0 fully saturated rings. The summed E-state index contributed by atoms with van der Waals surface area (Å²) in [6, 6.07) is 0. The fourth-order valence-corrected chi connectivity index (χ4v) is 2.44. The number of aromatic nitrogens is 4. The molecule has 0 atom stereocenters. The van der Waals surface area contributed by atoms with Crippen molar-refractivity contribution in [3.05, 3.63) is 27.8 Å². The number of carbonyl (C=O) groups is 2. The first-order valence-corrected chi connectivity index (χ1v) is 6.90. The summed E-state index contributed by atoms with van der Waals surface area (Å²) in [7, 11) is 4.85. The number of hydrogen-bond donors (Lipinski definition) is 2. The molecular weight excluding hydrogens is 340 g/mol. The van der Waals surface area contributed by atoms with Crippen LogP contribution >= 0.6 is 15.9 Å². The van der Waals surface area contributed by atoms with Crippen LogP contribution in [0.25, 0.3) is 0 Å². The molecule has 2 N–H and O–H groups in total. The number of anilines is 1. The van der Waals surface area contributed by atoms with Crippen LogP contribution in [0.1, 0.15) is 26.7 Å². The molecular formula is C12H15BrN6O2. The lowest BCUT2D eigenvalue weighted by Gasteiger charge is -2.05. The van der Waals surface area contributed by atoms with Crippen LogP contribution in [0.3, 0.4) is 0 Å². The molecule has 0 aliphatic carbocycles. The van der Waals surface area contributed by atoms with Gasteiger partial charge in [0.2, 0.25) is 0 Å². The van der Waals surface area contributed by atoms with Crippen LogP contribution in [-0.2, 0) is 14.1 Å². The van der Waals surface area contributed by atoms with E-state index in [2.05, 4.69) is 36.8 Å². The van der Waals surface area contributed by atoms with Gasteiger partial charge in [0.1, 0.15) is 5.69 Å². The van der Waals surface area contributed by atoms with E-state index in [-0.39, 0.29) is 17.5 Å². The van der Waals surface area contributed by atoms with E-state index in [0.29, 0.717) is 21.5 Å². The first-order chi connectivity index (χ1) is 9.85. The van der Waals surface area contributed by atoms with Crippen molar-refractivity contribution in [1.82, 2.24) is 24.9 Å². The molecule has 9 heteroatoms. The third kappa shape index (κ3) is 2.82. The molecule has 2 aromatic heterocycles. The molecule has 0 unspecified atom stereocenters. The maximum atomic E-state index is 12.4. The van der Waals surface area contributed by atoms with Gasteiger partial charge in [-0.2, -0.15) is 10.2 Å². The Morgan fingerprint density at radius 1 is 1.24 bits per heavy atom. The maximum absolute atomic E-state index is 12.4. The Kier molecular flexibility index (Phi) is 4.12. The second kappa shape index (κ2) is 5.68. The van der Waals surface area contributed by atoms with Gasteiger partial charge in [0.15, 0.2) is 5.69 Å². The lowest BCUT2D eigenvalue weighted by Crippen LogP contribution is -2.22. The van der Waals surface area contributed by atoms with Crippen molar-refractivity contribution in [2.24, 2.45) is 14.1 Å². The Balaban J connectivity index is 2.34. The molecule has 2 amide bonds. The van der Waals surface area contributed by atoms with Crippen LogP contribution in [-0.4, -0.2) is 38.4 Å². The SMILES string of the molecule is CNC(=O)c1nn(C)cc1NC(=O)c1c(Br)c(C)nn1C. The topological polar surface area (TPSA) is 93.8 Å². The van der Waals surface area contributed by atoms with Gasteiger partial charge in [-0.3, -0.25) is 19.0 Å². The standard InChI is InChI=1S/C12H15BrN6O2/c1-6-8(13)10(19(4)16-6)12(21)15-7-5-18(3)17-9(7)11(20)14-2/h5H,1-4H3,(H,14,20)(H,15,21). The summed E-state index contributed by atoms with van der Waals surface area (Å²) in [4.78, 5) is 24.1. The van der Waals surface area contributed by atoms with Crippen molar-refractivity contribution in [1.29, 1.82) is 0 Å². The number of amides is 2. The van der Waals surface area contributed by atoms with Gasteiger partial charge in [-0.1, -0.05) is 0 Å². The molecule has 0 saturated carbocycles. The fourth-order valence-electron chi connectivity index (χ4n) is 1.93. The lowest BCUT2D eigenvalue weighted by molar-refractivity contribution is 0.0958. The second-order valence-electron chi connectivity index (χ2n) is 4.47. The van der Waals surface area contributed by atoms with Crippen molar-refractivity contribution in [2.75, 3.05) is 12.4 Å². The molecule has 2 rings (SSSR count). The van der Waals surface area contributed by atoms with Crippen molar-refractivity contribution in [2.45, 2.75) is 6.92 Å². The van der Waals surface area contributed by atoms with E-state index < -0.39 is 0 Å². The molecule has 112 valence electrons. The highest BCUT2D eigenvalue weighted by molar-refractivity contribution is 9.10. The molecule has 0 radical (unpaired) electrons. The van der Waals surface area contributed by atoms with Crippen molar-refractivity contribution < 1.29 is 9.59 Å². The van der Waals surface area contributed by atoms with Gasteiger partial charge in [0.05, 0.1) is 15.9 Å². The minimum atomic E-state index is -0.372. The van der Waals surface area contributed by atoms with Crippen LogP contribution in [0.4, 0.5) is 5.69 Å². The maximum Gasteiger partial charge on any atom is 0.275 e. The third-order valence-electron chi connectivity index (χ3n) is 2.88. The first-order valence-electron chi connectivity index (χ1n) is 6.11. The quantitative estimate of drug-likeness (QED) is 0.853. The predicted molar refractivity (Wildman–Crippen MR) is 80.2 cm³/mol. The van der Waals surface area contributed by atoms with Crippen LogP contribution < -0.4 is 10.6 Å². The van der Waals surface area contributed by atoms with Gasteiger partial charge >= 0.3 is 0 Å². The monoisotopic (exact) mass is 354 g/mol. The zero-order valence-electron chi connectivity index (χ0n) is 12.1. The van der Waals surface area contributed by atoms with Gasteiger partial charge in [0, 0.05) is 27.3 Å². The van der Waals surface area contributed by atoms with E-state index in [1.54, 1.807) is 27.2 Å². The summed E-state index contributed by atoms with van der Waals surface area (Å²) in [5.74, 6) is -0.741. The van der Waals surface area contributed by atoms with E-state index in [9.17, 15) is 9.59 Å². The van der Waals surface area contributed by atoms with Crippen LogP contribution in [0.15, 0.2) is 10.7 Å². The summed E-state index contributed by atoms with van der Waals surface area (Å²) in [6.07, 6.45) is 1.57. The molecule has 8 nitrogen and oxygen atoms in total. The van der Waals surface area contributed by atoms with Gasteiger partial charge in [-0.25, -0.2) is 0 Å². The van der Waals surface area contributed by atoms with Crippen LogP contribution in [0, 0.1) is 6.92 Å². The van der Waals surface area contributed by atoms with E-state index >= 15 is 0 Å². The summed E-state index contributed by atoms with van der Waals surface area (Å²) >= 11 is 3.34. The highest BCUT2D eigenvalue weighted by Crippen LogP contribution is 2.22. The second-order valence-corrected chi connectivity index (χ2v) is 5.26. The lowest BCUT2D eigenvalue weighted by atomic mass is 10.3. The van der Waals surface area contributed by atoms with Crippen molar-refractivity contribution >= 4 is 33.4 Å². The van der Waals surface area contributed by atoms with Crippen molar-refractivity contribution in [3.8, 4) is 0 Å². The summed E-state index contributed by atoms with van der Waals surface area (Å²) in [5.41, 5.74) is 1.58. The number of halogens is 1. The number of aryl methyl sites for hydroxylation is 3. The largest absolute Gasteiger partial charge is 0.354 e. The molecule has 0 bridgehead atoms. The molecule has 0 spiro atoms. The molecule has 0 aromatic carbocycles. The van der Waals surface area contributed by atoms with Gasteiger partial charge in [-0.15, -0.1) is 0 Å². The molecule has 0 aliphatic heterocycles. The number of rotatable bonds is 3. The van der Waals surface area contributed by atoms with E-state index in [1.807, 2.05) is 0 Å². The summed E-state index contributed by atoms with van der Waals surface area (Å²) in [5, 5.41) is 13.4. The molecule has 0 saturated heterocycles. The zero-order chi connectivity index (χ0) is 15.7. The van der Waals surface area contributed by atoms with E-state index in [0.717, 1.165) is 0 Å². The molecule has 2 aromatic rings. The fraction of sp³-hybridized carbons (Fsp3) is 0.333. The van der Waals surface area contributed by atoms with Gasteiger partial charge < -0.3 is 10.6 Å². The Labute approximate surface area is 129 Å². The Morgan fingerprint density at radius 3 is 2.43 bits per heavy atom. The number of hydrogen-bond acceptors (Lipinski definition) is 4. The van der Waals surface area contributed by atoms with E-state index in [1.165, 1.54) is 16.4 Å². The minimum Gasteiger partial charge on any atom is -0.354 e. The summed E-state index contributed by atoms with van der Waals surface area (Å²) in [6.45, 7) is 1.79. The number of nitrogens with one attached hydrogen (secondary N) is 2. The Bertz CT molecular complexity index is 718. The number of carbonyl (C=O) groups excluding carboxylic acids is 2. The minimum absolute atomic E-state index is 0.156. The zero-order valence-corrected chi connectivity index (χ0v) is 13.6. The first kappa shape index (κ1) is 15.2. The van der Waals surface area contributed by atoms with Crippen molar-refractivity contribution in [3.63, 3.8) is 0 Å². The highest BCUT2D eigenvalue weighted by Gasteiger charge is 2.22. The average Bonchev–Trinajstić information content (AvgIpc) is 2.89. The normalized spacial score (nSPS) is 10.5. The van der Waals surface area contributed by atoms with Crippen LogP contribution in [0.2, 0.25) is 0 Å². The molecule has 2 heterocycles. The molecule has 0 aliphatic rings. The molecule has 21 heavy (non-hydrogen) atoms.